The van der Waals surface area contributed by atoms with Gasteiger partial charge in [-0.2, -0.15) is 0 Å². The molecule has 0 fully saturated rings. The quantitative estimate of drug-likeness (QED) is 0.491. The van der Waals surface area contributed by atoms with Crippen molar-refractivity contribution in [3.8, 4) is 11.1 Å². The van der Waals surface area contributed by atoms with Gasteiger partial charge in [0.15, 0.2) is 0 Å². The molecule has 0 saturated heterocycles. The number of aryl methyl sites for hydroxylation is 1. The molecule has 0 atom stereocenters. The van der Waals surface area contributed by atoms with Crippen molar-refractivity contribution in [3.63, 3.8) is 0 Å². The van der Waals surface area contributed by atoms with E-state index in [1.807, 2.05) is 36.5 Å². The van der Waals surface area contributed by atoms with Crippen LogP contribution < -0.4 is 10.6 Å². The standard InChI is InChI=1S/C24H23N5O/c1-15(2)27-24-26-14-19-12-18(5-7-22(19)29-24)21-13-20(6-4-16(21)3)28-23(30)17-8-10-25-11-9-17/h4-15H,1-3H3,(H,28,30)(H,26,27,29). The average molecular weight is 397 g/mol. The molecule has 2 N–H and O–H groups in total. The monoisotopic (exact) mass is 397 g/mol. The maximum Gasteiger partial charge on any atom is 0.255 e. The summed E-state index contributed by atoms with van der Waals surface area (Å²) in [5, 5.41) is 7.15. The summed E-state index contributed by atoms with van der Waals surface area (Å²) in [6.07, 6.45) is 5.05. The normalized spacial score (nSPS) is 10.9. The molecule has 0 aliphatic carbocycles. The molecule has 150 valence electrons. The summed E-state index contributed by atoms with van der Waals surface area (Å²) >= 11 is 0. The first kappa shape index (κ1) is 19.5. The number of pyridine rings is 1. The van der Waals surface area contributed by atoms with Gasteiger partial charge < -0.3 is 10.6 Å². The number of fused-ring (bicyclic) bond motifs is 1. The van der Waals surface area contributed by atoms with Crippen LogP contribution in [-0.2, 0) is 0 Å². The second-order valence-electron chi connectivity index (χ2n) is 7.49. The number of hydrogen-bond donors (Lipinski definition) is 2. The minimum atomic E-state index is -0.163. The number of hydrogen-bond acceptors (Lipinski definition) is 5. The second-order valence-corrected chi connectivity index (χ2v) is 7.49. The zero-order valence-corrected chi connectivity index (χ0v) is 17.2. The van der Waals surface area contributed by atoms with Gasteiger partial charge in [0, 0.05) is 41.3 Å². The van der Waals surface area contributed by atoms with Crippen molar-refractivity contribution >= 4 is 28.4 Å². The molecule has 2 heterocycles. The summed E-state index contributed by atoms with van der Waals surface area (Å²) in [5.41, 5.74) is 5.42. The minimum absolute atomic E-state index is 0.163. The third kappa shape index (κ3) is 4.27. The van der Waals surface area contributed by atoms with E-state index in [-0.39, 0.29) is 11.9 Å². The van der Waals surface area contributed by atoms with Crippen LogP contribution in [0, 0.1) is 6.92 Å². The Kier molecular flexibility index (Phi) is 5.39. The van der Waals surface area contributed by atoms with Crippen molar-refractivity contribution in [2.24, 2.45) is 0 Å². The molecule has 4 aromatic rings. The molecule has 6 nitrogen and oxygen atoms in total. The van der Waals surface area contributed by atoms with E-state index in [0.717, 1.165) is 33.3 Å². The number of carbonyl (C=O) groups is 1. The van der Waals surface area contributed by atoms with Crippen LogP contribution in [0.5, 0.6) is 0 Å². The molecule has 0 aliphatic heterocycles. The molecule has 0 saturated carbocycles. The third-order valence-corrected chi connectivity index (χ3v) is 4.75. The highest BCUT2D eigenvalue weighted by Gasteiger charge is 2.10. The molecule has 2 aromatic heterocycles. The van der Waals surface area contributed by atoms with Gasteiger partial charge in [-0.05, 0) is 73.9 Å². The van der Waals surface area contributed by atoms with E-state index >= 15 is 0 Å². The lowest BCUT2D eigenvalue weighted by Gasteiger charge is -2.12. The second kappa shape index (κ2) is 8.29. The largest absolute Gasteiger partial charge is 0.352 e. The lowest BCUT2D eigenvalue weighted by molar-refractivity contribution is 0.102. The van der Waals surface area contributed by atoms with Crippen molar-refractivity contribution in [1.82, 2.24) is 15.0 Å². The first-order valence-electron chi connectivity index (χ1n) is 9.85. The van der Waals surface area contributed by atoms with Crippen molar-refractivity contribution < 1.29 is 4.79 Å². The fourth-order valence-corrected chi connectivity index (χ4v) is 3.25. The molecule has 0 aliphatic rings. The van der Waals surface area contributed by atoms with Crippen LogP contribution in [-0.4, -0.2) is 26.9 Å². The number of amides is 1. The van der Waals surface area contributed by atoms with E-state index in [2.05, 4.69) is 52.4 Å². The van der Waals surface area contributed by atoms with Gasteiger partial charge in [-0.3, -0.25) is 9.78 Å². The molecule has 0 radical (unpaired) electrons. The highest BCUT2D eigenvalue weighted by Crippen LogP contribution is 2.29. The van der Waals surface area contributed by atoms with E-state index in [1.54, 1.807) is 24.5 Å². The molecule has 4 rings (SSSR count). The Morgan fingerprint density at radius 3 is 2.57 bits per heavy atom. The number of carbonyl (C=O) groups excluding carboxylic acids is 1. The number of aromatic nitrogens is 3. The Morgan fingerprint density at radius 1 is 1.00 bits per heavy atom. The highest BCUT2D eigenvalue weighted by atomic mass is 16.1. The van der Waals surface area contributed by atoms with Gasteiger partial charge in [-0.1, -0.05) is 12.1 Å². The van der Waals surface area contributed by atoms with E-state index in [9.17, 15) is 4.79 Å². The Morgan fingerprint density at radius 2 is 1.80 bits per heavy atom. The third-order valence-electron chi connectivity index (χ3n) is 4.75. The first-order chi connectivity index (χ1) is 14.5. The molecule has 1 amide bonds. The van der Waals surface area contributed by atoms with E-state index < -0.39 is 0 Å². The Hall–Kier alpha value is -3.80. The summed E-state index contributed by atoms with van der Waals surface area (Å²) in [6, 6.07) is 15.7. The molecule has 0 spiro atoms. The predicted molar refractivity (Wildman–Crippen MR) is 121 cm³/mol. The molecular weight excluding hydrogens is 374 g/mol. The summed E-state index contributed by atoms with van der Waals surface area (Å²) in [6.45, 7) is 6.17. The maximum atomic E-state index is 12.5. The zero-order chi connectivity index (χ0) is 21.1. The summed E-state index contributed by atoms with van der Waals surface area (Å²) < 4.78 is 0. The van der Waals surface area contributed by atoms with Crippen molar-refractivity contribution in [2.75, 3.05) is 10.6 Å². The van der Waals surface area contributed by atoms with E-state index in [1.165, 1.54) is 0 Å². The maximum absolute atomic E-state index is 12.5. The van der Waals surface area contributed by atoms with Gasteiger partial charge in [0.2, 0.25) is 5.95 Å². The van der Waals surface area contributed by atoms with Crippen LogP contribution in [0.3, 0.4) is 0 Å². The number of anilines is 2. The van der Waals surface area contributed by atoms with Gasteiger partial charge in [-0.15, -0.1) is 0 Å². The minimum Gasteiger partial charge on any atom is -0.352 e. The van der Waals surface area contributed by atoms with E-state index in [4.69, 9.17) is 0 Å². The molecule has 30 heavy (non-hydrogen) atoms. The lowest BCUT2D eigenvalue weighted by Crippen LogP contribution is -2.12. The molecule has 6 heteroatoms. The number of rotatable bonds is 5. The van der Waals surface area contributed by atoms with Gasteiger partial charge in [-0.25, -0.2) is 9.97 Å². The average Bonchev–Trinajstić information content (AvgIpc) is 2.75. The highest BCUT2D eigenvalue weighted by molar-refractivity contribution is 6.04. The van der Waals surface area contributed by atoms with Crippen LogP contribution in [0.1, 0.15) is 29.8 Å². The van der Waals surface area contributed by atoms with Crippen LogP contribution >= 0.6 is 0 Å². The number of nitrogens with zero attached hydrogens (tertiary/aromatic N) is 3. The lowest BCUT2D eigenvalue weighted by atomic mass is 9.98. The number of benzene rings is 2. The van der Waals surface area contributed by atoms with Crippen LogP contribution in [0.4, 0.5) is 11.6 Å². The van der Waals surface area contributed by atoms with Crippen LogP contribution in [0.15, 0.2) is 67.1 Å². The van der Waals surface area contributed by atoms with Crippen LogP contribution in [0.25, 0.3) is 22.0 Å². The Bertz CT molecular complexity index is 1200. The Labute approximate surface area is 175 Å². The van der Waals surface area contributed by atoms with Gasteiger partial charge >= 0.3 is 0 Å². The molecule has 0 unspecified atom stereocenters. The first-order valence-corrected chi connectivity index (χ1v) is 9.85. The van der Waals surface area contributed by atoms with E-state index in [0.29, 0.717) is 11.5 Å². The smallest absolute Gasteiger partial charge is 0.255 e. The predicted octanol–water partition coefficient (Wildman–Crippen LogP) is 5.07. The topological polar surface area (TPSA) is 79.8 Å². The fraction of sp³-hybridized carbons (Fsp3) is 0.167. The molecule has 0 bridgehead atoms. The van der Waals surface area contributed by atoms with Crippen LogP contribution in [0.2, 0.25) is 0 Å². The summed E-state index contributed by atoms with van der Waals surface area (Å²) in [4.78, 5) is 25.4. The Balaban J connectivity index is 1.63. The molecular formula is C24H23N5O. The van der Waals surface area contributed by atoms with Crippen molar-refractivity contribution in [3.05, 3.63) is 78.2 Å². The summed E-state index contributed by atoms with van der Waals surface area (Å²) in [5.74, 6) is 0.464. The molecule has 2 aromatic carbocycles. The van der Waals surface area contributed by atoms with Gasteiger partial charge in [0.25, 0.3) is 5.91 Å². The van der Waals surface area contributed by atoms with Crippen molar-refractivity contribution in [1.29, 1.82) is 0 Å². The SMILES string of the molecule is Cc1ccc(NC(=O)c2ccncc2)cc1-c1ccc2nc(NC(C)C)ncc2c1. The fourth-order valence-electron chi connectivity index (χ4n) is 3.25. The number of nitrogens with one attached hydrogen (secondary N) is 2. The van der Waals surface area contributed by atoms with Gasteiger partial charge in [0.1, 0.15) is 0 Å². The summed E-state index contributed by atoms with van der Waals surface area (Å²) in [7, 11) is 0. The zero-order valence-electron chi connectivity index (χ0n) is 17.2. The van der Waals surface area contributed by atoms with Gasteiger partial charge in [0.05, 0.1) is 5.52 Å². The van der Waals surface area contributed by atoms with Crippen molar-refractivity contribution in [2.45, 2.75) is 26.8 Å².